The molecule has 2 aliphatic carbocycles. The zero-order valence-corrected chi connectivity index (χ0v) is 18.0. The fourth-order valence-electron chi connectivity index (χ4n) is 4.97. The highest BCUT2D eigenvalue weighted by Crippen LogP contribution is 2.48. The molecule has 1 unspecified atom stereocenters. The third kappa shape index (κ3) is 6.51. The molecule has 0 spiro atoms. The molecular weight excluding hydrogens is 368 g/mol. The predicted octanol–water partition coefficient (Wildman–Crippen LogP) is 4.69. The first-order chi connectivity index (χ1) is 13.9. The summed E-state index contributed by atoms with van der Waals surface area (Å²) in [7, 11) is 1.66. The maximum Gasteiger partial charge on any atom is 0.303 e. The summed E-state index contributed by atoms with van der Waals surface area (Å²) < 4.78 is 5.57. The van der Waals surface area contributed by atoms with Crippen LogP contribution in [0.15, 0.2) is 24.3 Å². The molecule has 0 amide bonds. The number of aliphatic carboxylic acids is 1. The van der Waals surface area contributed by atoms with Gasteiger partial charge in [-0.15, -0.1) is 0 Å². The highest BCUT2D eigenvalue weighted by atomic mass is 16.5. The molecule has 0 bridgehead atoms. The van der Waals surface area contributed by atoms with Gasteiger partial charge in [-0.05, 0) is 50.4 Å². The van der Waals surface area contributed by atoms with Crippen molar-refractivity contribution in [2.75, 3.05) is 7.11 Å². The van der Waals surface area contributed by atoms with E-state index in [9.17, 15) is 14.7 Å². The van der Waals surface area contributed by atoms with E-state index in [0.29, 0.717) is 32.1 Å². The van der Waals surface area contributed by atoms with E-state index >= 15 is 0 Å². The standard InChI is InChI=1S/C24H38O5/c1-3-14-24(15-9-16-24)22(26)12-8-11-19-18(20(25)17-21(19)29-2)10-6-4-5-7-13-23(27)28/h4,6,8,11,18-19,21-22,26H,3,5,7,9-10,12-17H2,1-2H3,(H,27,28)/b6-4-,11-8+/t18-,19-,21-,22?/m1/s1. The molecule has 0 aliphatic heterocycles. The third-order valence-corrected chi connectivity index (χ3v) is 6.85. The number of ketones is 1. The van der Waals surface area contributed by atoms with Gasteiger partial charge >= 0.3 is 5.97 Å². The van der Waals surface area contributed by atoms with Gasteiger partial charge in [0.05, 0.1) is 12.2 Å². The molecule has 29 heavy (non-hydrogen) atoms. The normalized spacial score (nSPS) is 27.6. The summed E-state index contributed by atoms with van der Waals surface area (Å²) in [6.07, 6.45) is 16.6. The number of carbonyl (C=O) groups excluding carboxylic acids is 1. The van der Waals surface area contributed by atoms with Gasteiger partial charge in [-0.1, -0.05) is 44.1 Å². The molecule has 0 aromatic heterocycles. The van der Waals surface area contributed by atoms with Crippen LogP contribution in [0, 0.1) is 17.3 Å². The number of hydrogen-bond acceptors (Lipinski definition) is 4. The Hall–Kier alpha value is -1.46. The van der Waals surface area contributed by atoms with E-state index in [0.717, 1.165) is 25.7 Å². The van der Waals surface area contributed by atoms with Crippen LogP contribution in [0.5, 0.6) is 0 Å². The second-order valence-corrected chi connectivity index (χ2v) is 8.77. The quantitative estimate of drug-likeness (QED) is 0.342. The van der Waals surface area contributed by atoms with Gasteiger partial charge in [-0.2, -0.15) is 0 Å². The van der Waals surface area contributed by atoms with Crippen LogP contribution in [-0.2, 0) is 14.3 Å². The van der Waals surface area contributed by atoms with Crippen LogP contribution in [0.2, 0.25) is 0 Å². The SMILES string of the molecule is CCCC1(C(O)C/C=C/[C@H]2[C@H](OC)CC(=O)[C@@H]2C/C=C\CCCC(=O)O)CCC1. The first kappa shape index (κ1) is 23.8. The molecule has 0 radical (unpaired) electrons. The fourth-order valence-corrected chi connectivity index (χ4v) is 4.97. The highest BCUT2D eigenvalue weighted by Gasteiger charge is 2.42. The Bertz CT molecular complexity index is 590. The van der Waals surface area contributed by atoms with Crippen LogP contribution in [0.1, 0.15) is 77.6 Å². The summed E-state index contributed by atoms with van der Waals surface area (Å²) in [4.78, 5) is 23.0. The minimum atomic E-state index is -0.776. The van der Waals surface area contributed by atoms with E-state index in [1.807, 2.05) is 12.2 Å². The summed E-state index contributed by atoms with van der Waals surface area (Å²) in [5, 5.41) is 19.4. The molecule has 164 valence electrons. The maximum absolute atomic E-state index is 12.5. The number of carboxylic acid groups (broad SMARTS) is 1. The molecule has 2 aliphatic rings. The molecule has 0 saturated heterocycles. The summed E-state index contributed by atoms with van der Waals surface area (Å²) >= 11 is 0. The lowest BCUT2D eigenvalue weighted by Crippen LogP contribution is -2.41. The highest BCUT2D eigenvalue weighted by molar-refractivity contribution is 5.84. The van der Waals surface area contributed by atoms with Crippen molar-refractivity contribution in [2.45, 2.75) is 89.8 Å². The summed E-state index contributed by atoms with van der Waals surface area (Å²) in [5.41, 5.74) is 0.101. The number of ether oxygens (including phenoxy) is 1. The Morgan fingerprint density at radius 3 is 2.66 bits per heavy atom. The fraction of sp³-hybridized carbons (Fsp3) is 0.750. The Kier molecular flexibility index (Phi) is 9.57. The van der Waals surface area contributed by atoms with Crippen molar-refractivity contribution in [1.29, 1.82) is 0 Å². The lowest BCUT2D eigenvalue weighted by Gasteiger charge is -2.45. The van der Waals surface area contributed by atoms with Crippen LogP contribution < -0.4 is 0 Å². The van der Waals surface area contributed by atoms with Crippen molar-refractivity contribution in [3.05, 3.63) is 24.3 Å². The minimum Gasteiger partial charge on any atom is -0.481 e. The topological polar surface area (TPSA) is 83.8 Å². The number of rotatable bonds is 13. The van der Waals surface area contributed by atoms with E-state index in [1.54, 1.807) is 7.11 Å². The van der Waals surface area contributed by atoms with E-state index < -0.39 is 5.97 Å². The van der Waals surface area contributed by atoms with Crippen molar-refractivity contribution >= 4 is 11.8 Å². The first-order valence-electron chi connectivity index (χ1n) is 11.2. The van der Waals surface area contributed by atoms with Crippen LogP contribution in [-0.4, -0.2) is 41.3 Å². The molecule has 4 atom stereocenters. The van der Waals surface area contributed by atoms with Crippen molar-refractivity contribution in [2.24, 2.45) is 17.3 Å². The van der Waals surface area contributed by atoms with Crippen molar-refractivity contribution < 1.29 is 24.5 Å². The van der Waals surface area contributed by atoms with E-state index in [4.69, 9.17) is 9.84 Å². The van der Waals surface area contributed by atoms with Gasteiger partial charge in [-0.25, -0.2) is 0 Å². The number of Topliss-reactive ketones (excluding diaryl/α,β-unsaturated/α-hetero) is 1. The van der Waals surface area contributed by atoms with Gasteiger partial charge in [0.1, 0.15) is 5.78 Å². The van der Waals surface area contributed by atoms with Gasteiger partial charge < -0.3 is 14.9 Å². The van der Waals surface area contributed by atoms with Gasteiger partial charge in [0.2, 0.25) is 0 Å². The third-order valence-electron chi connectivity index (χ3n) is 6.85. The van der Waals surface area contributed by atoms with E-state index in [-0.39, 0.29) is 41.7 Å². The van der Waals surface area contributed by atoms with Gasteiger partial charge in [0.15, 0.2) is 0 Å². The van der Waals surface area contributed by atoms with Crippen molar-refractivity contribution in [3.8, 4) is 0 Å². The second kappa shape index (κ2) is 11.7. The number of hydrogen-bond donors (Lipinski definition) is 2. The monoisotopic (exact) mass is 406 g/mol. The molecular formula is C24H38O5. The average Bonchev–Trinajstić information content (AvgIpc) is 2.95. The summed E-state index contributed by atoms with van der Waals surface area (Å²) in [5.74, 6) is -0.616. The second-order valence-electron chi connectivity index (χ2n) is 8.77. The summed E-state index contributed by atoms with van der Waals surface area (Å²) in [6, 6.07) is 0. The van der Waals surface area contributed by atoms with Crippen LogP contribution in [0.3, 0.4) is 0 Å². The van der Waals surface area contributed by atoms with Crippen LogP contribution >= 0.6 is 0 Å². The van der Waals surface area contributed by atoms with E-state index in [2.05, 4.69) is 19.1 Å². The molecule has 0 heterocycles. The number of carbonyl (C=O) groups is 2. The lowest BCUT2D eigenvalue weighted by atomic mass is 9.62. The predicted molar refractivity (Wildman–Crippen MR) is 114 cm³/mol. The largest absolute Gasteiger partial charge is 0.481 e. The molecule has 5 nitrogen and oxygen atoms in total. The minimum absolute atomic E-state index is 0.0342. The summed E-state index contributed by atoms with van der Waals surface area (Å²) in [6.45, 7) is 2.18. The van der Waals surface area contributed by atoms with Gasteiger partial charge in [-0.3, -0.25) is 9.59 Å². The van der Waals surface area contributed by atoms with Gasteiger partial charge in [0, 0.05) is 31.8 Å². The number of allylic oxidation sites excluding steroid dienone is 2. The lowest BCUT2D eigenvalue weighted by molar-refractivity contribution is -0.137. The molecule has 2 rings (SSSR count). The average molecular weight is 407 g/mol. The number of methoxy groups -OCH3 is 1. The molecule has 2 fully saturated rings. The number of aliphatic hydroxyl groups is 1. The Morgan fingerprint density at radius 1 is 1.31 bits per heavy atom. The molecule has 5 heteroatoms. The maximum atomic E-state index is 12.5. The Labute approximate surface area is 175 Å². The number of aliphatic hydroxyl groups excluding tert-OH is 1. The zero-order chi connectivity index (χ0) is 21.3. The Balaban J connectivity index is 1.90. The van der Waals surface area contributed by atoms with Crippen LogP contribution in [0.4, 0.5) is 0 Å². The number of unbranched alkanes of at least 4 members (excludes halogenated alkanes) is 1. The molecule has 2 N–H and O–H groups in total. The zero-order valence-electron chi connectivity index (χ0n) is 18.0. The Morgan fingerprint density at radius 2 is 2.07 bits per heavy atom. The van der Waals surface area contributed by atoms with Gasteiger partial charge in [0.25, 0.3) is 0 Å². The van der Waals surface area contributed by atoms with E-state index in [1.165, 1.54) is 6.42 Å². The smallest absolute Gasteiger partial charge is 0.303 e. The van der Waals surface area contributed by atoms with Crippen LogP contribution in [0.25, 0.3) is 0 Å². The molecule has 0 aromatic carbocycles. The first-order valence-corrected chi connectivity index (χ1v) is 11.2. The molecule has 0 aromatic rings. The van der Waals surface area contributed by atoms with Crippen molar-refractivity contribution in [1.82, 2.24) is 0 Å². The molecule has 2 saturated carbocycles. The van der Waals surface area contributed by atoms with Crippen molar-refractivity contribution in [3.63, 3.8) is 0 Å². The number of carboxylic acids is 1.